The Bertz CT molecular complexity index is 1940. The van der Waals surface area contributed by atoms with Gasteiger partial charge in [-0.15, -0.1) is 0 Å². The maximum atomic E-state index is 13.9. The summed E-state index contributed by atoms with van der Waals surface area (Å²) in [7, 11) is 0. The first-order valence-electron chi connectivity index (χ1n) is 12.8. The van der Waals surface area contributed by atoms with Crippen LogP contribution in [0.25, 0.3) is 17.4 Å². The summed E-state index contributed by atoms with van der Waals surface area (Å²) in [4.78, 5) is 43.4. The van der Waals surface area contributed by atoms with Gasteiger partial charge < -0.3 is 23.7 Å². The number of aromatic carboxylic acids is 1. The third-order valence-electron chi connectivity index (χ3n) is 6.88. The number of aromatic nitrogens is 1. The lowest BCUT2D eigenvalue weighted by atomic mass is 9.95. The number of carbonyl (C=O) groups excluding carboxylic acids is 1. The summed E-state index contributed by atoms with van der Waals surface area (Å²) in [5.74, 6) is 0.397. The first kappa shape index (κ1) is 26.3. The number of aryl methyl sites for hydroxylation is 1. The standard InChI is InChI=1S/C30H24N2O8S/c1-4-37-29(36)25-16(3)31-30-32(26(25)17-7-9-22-23(12-17)39-14-38-22)27(33)24(41-30)13-19-8-10-21(40-19)20-11-18(28(34)35)6-5-15(20)2/h5-13,26H,4,14H2,1-3H3,(H,34,35)/b24-13-/t26-/m0/s1. The molecule has 4 heterocycles. The fraction of sp³-hybridized carbons (Fsp3) is 0.200. The number of esters is 1. The van der Waals surface area contributed by atoms with E-state index in [0.29, 0.717) is 49.2 Å². The molecule has 1 N–H and O–H groups in total. The minimum Gasteiger partial charge on any atom is -0.478 e. The van der Waals surface area contributed by atoms with Crippen LogP contribution in [-0.2, 0) is 9.53 Å². The molecule has 208 valence electrons. The third kappa shape index (κ3) is 4.63. The van der Waals surface area contributed by atoms with Gasteiger partial charge in [0.05, 0.1) is 34.0 Å². The Kier molecular flexibility index (Phi) is 6.58. The highest BCUT2D eigenvalue weighted by Crippen LogP contribution is 2.38. The number of hydrogen-bond donors (Lipinski definition) is 1. The topological polar surface area (TPSA) is 130 Å². The molecule has 0 spiro atoms. The second kappa shape index (κ2) is 10.3. The Hall–Kier alpha value is -4.90. The van der Waals surface area contributed by atoms with Crippen LogP contribution in [0, 0.1) is 6.92 Å². The number of rotatable bonds is 6. The maximum absolute atomic E-state index is 13.9. The van der Waals surface area contributed by atoms with E-state index in [2.05, 4.69) is 4.99 Å². The Labute approximate surface area is 237 Å². The van der Waals surface area contributed by atoms with E-state index in [1.54, 1.807) is 62.4 Å². The number of allylic oxidation sites excluding steroid dienone is 1. The predicted octanol–water partition coefficient (Wildman–Crippen LogP) is 3.79. The van der Waals surface area contributed by atoms with Crippen LogP contribution < -0.4 is 24.4 Å². The first-order chi connectivity index (χ1) is 19.7. The molecule has 0 amide bonds. The molecule has 2 aromatic carbocycles. The van der Waals surface area contributed by atoms with Crippen molar-refractivity contribution in [2.75, 3.05) is 13.4 Å². The van der Waals surface area contributed by atoms with Crippen LogP contribution >= 0.6 is 11.3 Å². The third-order valence-corrected chi connectivity index (χ3v) is 7.86. The van der Waals surface area contributed by atoms with Gasteiger partial charge >= 0.3 is 11.9 Å². The molecule has 11 heteroatoms. The van der Waals surface area contributed by atoms with E-state index < -0.39 is 18.0 Å². The van der Waals surface area contributed by atoms with Gasteiger partial charge in [0.2, 0.25) is 6.79 Å². The number of carboxylic acid groups (broad SMARTS) is 1. The molecule has 2 aliphatic heterocycles. The largest absolute Gasteiger partial charge is 0.478 e. The van der Waals surface area contributed by atoms with Crippen LogP contribution in [0.3, 0.4) is 0 Å². The molecule has 10 nitrogen and oxygen atoms in total. The number of thiazole rings is 1. The quantitative estimate of drug-likeness (QED) is 0.346. The molecule has 0 saturated heterocycles. The molecule has 2 aliphatic rings. The van der Waals surface area contributed by atoms with Gasteiger partial charge in [-0.05, 0) is 68.3 Å². The van der Waals surface area contributed by atoms with Gasteiger partial charge in [-0.25, -0.2) is 14.6 Å². The second-order valence-corrected chi connectivity index (χ2v) is 10.5. The van der Waals surface area contributed by atoms with Crippen molar-refractivity contribution in [3.05, 3.63) is 102 Å². The van der Waals surface area contributed by atoms with Crippen LogP contribution in [0.4, 0.5) is 0 Å². The second-order valence-electron chi connectivity index (χ2n) is 9.45. The monoisotopic (exact) mass is 572 g/mol. The molecule has 0 fully saturated rings. The van der Waals surface area contributed by atoms with Crippen LogP contribution in [0.1, 0.15) is 47.1 Å². The van der Waals surface area contributed by atoms with Crippen LogP contribution in [-0.4, -0.2) is 35.0 Å². The number of nitrogens with zero attached hydrogens (tertiary/aromatic N) is 2. The fourth-order valence-electron chi connectivity index (χ4n) is 4.91. The van der Waals surface area contributed by atoms with Crippen molar-refractivity contribution in [3.8, 4) is 22.8 Å². The number of ether oxygens (including phenoxy) is 3. The van der Waals surface area contributed by atoms with E-state index in [0.717, 1.165) is 5.56 Å². The summed E-state index contributed by atoms with van der Waals surface area (Å²) in [6.45, 7) is 5.56. The van der Waals surface area contributed by atoms with Gasteiger partial charge in [0.1, 0.15) is 11.5 Å². The smallest absolute Gasteiger partial charge is 0.338 e. The Balaban J connectivity index is 1.47. The Morgan fingerprint density at radius 3 is 2.71 bits per heavy atom. The van der Waals surface area contributed by atoms with Crippen LogP contribution in [0.5, 0.6) is 11.5 Å². The summed E-state index contributed by atoms with van der Waals surface area (Å²) in [6, 6.07) is 12.8. The molecule has 0 bridgehead atoms. The van der Waals surface area contributed by atoms with Gasteiger partial charge in [0.25, 0.3) is 5.56 Å². The predicted molar refractivity (Wildman–Crippen MR) is 149 cm³/mol. The van der Waals surface area contributed by atoms with Crippen molar-refractivity contribution in [3.63, 3.8) is 0 Å². The van der Waals surface area contributed by atoms with E-state index in [4.69, 9.17) is 18.6 Å². The molecule has 0 radical (unpaired) electrons. The van der Waals surface area contributed by atoms with Crippen molar-refractivity contribution < 1.29 is 33.3 Å². The summed E-state index contributed by atoms with van der Waals surface area (Å²) >= 11 is 1.17. The van der Waals surface area contributed by atoms with E-state index in [-0.39, 0.29) is 30.1 Å². The zero-order valence-electron chi connectivity index (χ0n) is 22.3. The summed E-state index contributed by atoms with van der Waals surface area (Å²) in [5, 5.41) is 9.38. The number of hydrogen-bond acceptors (Lipinski definition) is 9. The van der Waals surface area contributed by atoms with Crippen LogP contribution in [0.15, 0.2) is 74.0 Å². The number of carbonyl (C=O) groups is 2. The minimum atomic E-state index is -1.03. The normalized spacial score (nSPS) is 16.0. The number of carboxylic acids is 1. The van der Waals surface area contributed by atoms with Crippen molar-refractivity contribution in [1.82, 2.24) is 4.57 Å². The highest BCUT2D eigenvalue weighted by molar-refractivity contribution is 7.07. The molecule has 41 heavy (non-hydrogen) atoms. The average Bonchev–Trinajstić information content (AvgIpc) is 3.67. The number of benzene rings is 2. The Morgan fingerprint density at radius 2 is 1.93 bits per heavy atom. The lowest BCUT2D eigenvalue weighted by Gasteiger charge is -2.24. The highest BCUT2D eigenvalue weighted by atomic mass is 32.1. The van der Waals surface area contributed by atoms with Gasteiger partial charge in [0, 0.05) is 11.6 Å². The molecule has 6 rings (SSSR count). The van der Waals surface area contributed by atoms with Crippen LogP contribution in [0.2, 0.25) is 0 Å². The summed E-state index contributed by atoms with van der Waals surface area (Å²) < 4.78 is 24.2. The van der Waals surface area contributed by atoms with E-state index in [9.17, 15) is 19.5 Å². The molecule has 1 atom stereocenters. The van der Waals surface area contributed by atoms with Gasteiger partial charge in [-0.2, -0.15) is 0 Å². The molecule has 0 saturated carbocycles. The molecule has 0 aliphatic carbocycles. The van der Waals surface area contributed by atoms with Crippen molar-refractivity contribution in [2.24, 2.45) is 4.99 Å². The lowest BCUT2D eigenvalue weighted by Crippen LogP contribution is -2.39. The zero-order valence-corrected chi connectivity index (χ0v) is 23.1. The lowest BCUT2D eigenvalue weighted by molar-refractivity contribution is -0.139. The SMILES string of the molecule is CCOC(=O)C1=C(C)N=c2s/c(=C\c3ccc(-c4cc(C(=O)O)ccc4C)o3)c(=O)n2[C@H]1c1ccc2c(c1)OCO2. The minimum absolute atomic E-state index is 0.0897. The van der Waals surface area contributed by atoms with E-state index >= 15 is 0 Å². The van der Waals surface area contributed by atoms with Crippen molar-refractivity contribution in [2.45, 2.75) is 26.8 Å². The van der Waals surface area contributed by atoms with Crippen molar-refractivity contribution >= 4 is 29.4 Å². The highest BCUT2D eigenvalue weighted by Gasteiger charge is 2.34. The van der Waals surface area contributed by atoms with E-state index in [1.165, 1.54) is 22.0 Å². The maximum Gasteiger partial charge on any atom is 0.338 e. The van der Waals surface area contributed by atoms with Gasteiger partial charge in [-0.3, -0.25) is 9.36 Å². The number of fused-ring (bicyclic) bond motifs is 2. The van der Waals surface area contributed by atoms with Gasteiger partial charge in [0.15, 0.2) is 16.3 Å². The fourth-order valence-corrected chi connectivity index (χ4v) is 5.94. The molecule has 0 unspecified atom stereocenters. The molecule has 4 aromatic rings. The van der Waals surface area contributed by atoms with E-state index in [1.807, 2.05) is 6.92 Å². The number of furan rings is 1. The van der Waals surface area contributed by atoms with Crippen molar-refractivity contribution in [1.29, 1.82) is 0 Å². The summed E-state index contributed by atoms with van der Waals surface area (Å²) in [6.07, 6.45) is 1.61. The zero-order chi connectivity index (χ0) is 28.8. The first-order valence-corrected chi connectivity index (χ1v) is 13.6. The average molecular weight is 573 g/mol. The summed E-state index contributed by atoms with van der Waals surface area (Å²) in [5.41, 5.74) is 2.64. The molecular weight excluding hydrogens is 548 g/mol. The molecular formula is C30H24N2O8S. The van der Waals surface area contributed by atoms with Gasteiger partial charge in [-0.1, -0.05) is 23.5 Å². The Morgan fingerprint density at radius 1 is 1.12 bits per heavy atom. The molecule has 2 aromatic heterocycles.